The van der Waals surface area contributed by atoms with E-state index in [4.69, 9.17) is 0 Å². The number of hydrogen-bond acceptors (Lipinski definition) is 3. The minimum absolute atomic E-state index is 0.179. The van der Waals surface area contributed by atoms with Crippen molar-refractivity contribution < 1.29 is 4.79 Å². The van der Waals surface area contributed by atoms with Crippen molar-refractivity contribution in [3.05, 3.63) is 29.6 Å². The number of nitrogens with zero attached hydrogens (tertiary/aromatic N) is 1. The van der Waals surface area contributed by atoms with Crippen LogP contribution in [0.2, 0.25) is 0 Å². The van der Waals surface area contributed by atoms with Crippen molar-refractivity contribution in [3.63, 3.8) is 0 Å². The van der Waals surface area contributed by atoms with Crippen LogP contribution in [0.3, 0.4) is 0 Å². The van der Waals surface area contributed by atoms with E-state index < -0.39 is 0 Å². The van der Waals surface area contributed by atoms with Crippen molar-refractivity contribution in [2.75, 3.05) is 13.6 Å². The Balaban J connectivity index is 1.85. The molecule has 4 heteroatoms. The molecule has 2 aromatic rings. The molecule has 1 heterocycles. The molecule has 1 saturated carbocycles. The molecule has 2 N–H and O–H groups in total. The van der Waals surface area contributed by atoms with E-state index >= 15 is 0 Å². The van der Waals surface area contributed by atoms with Crippen molar-refractivity contribution in [3.8, 4) is 0 Å². The third-order valence-electron chi connectivity index (χ3n) is 4.17. The second kappa shape index (κ2) is 5.75. The maximum Gasteiger partial charge on any atom is 0.164 e. The maximum absolute atomic E-state index is 12.0. The number of carbonyl (C=O) groups is 1. The molecular weight excluding hydrogens is 250 g/mol. The first-order valence-corrected chi connectivity index (χ1v) is 7.45. The van der Waals surface area contributed by atoms with Crippen LogP contribution >= 0.6 is 0 Å². The Morgan fingerprint density at radius 2 is 2.20 bits per heavy atom. The summed E-state index contributed by atoms with van der Waals surface area (Å²) in [5.74, 6) is 1.85. The van der Waals surface area contributed by atoms with E-state index in [0.717, 1.165) is 22.4 Å². The third kappa shape index (κ3) is 2.61. The summed E-state index contributed by atoms with van der Waals surface area (Å²) in [4.78, 5) is 20.1. The number of rotatable bonds is 5. The SMILES string of the molecule is CNCCC(=O)c1ccc2nc(C3CCCC3)[nH]c2c1. The van der Waals surface area contributed by atoms with Gasteiger partial charge in [-0.2, -0.15) is 0 Å². The van der Waals surface area contributed by atoms with Gasteiger partial charge in [-0.15, -0.1) is 0 Å². The Morgan fingerprint density at radius 3 is 2.95 bits per heavy atom. The number of ketones is 1. The molecule has 0 radical (unpaired) electrons. The van der Waals surface area contributed by atoms with Crippen LogP contribution in [-0.2, 0) is 0 Å². The van der Waals surface area contributed by atoms with Gasteiger partial charge in [0.25, 0.3) is 0 Å². The van der Waals surface area contributed by atoms with Crippen LogP contribution in [0.5, 0.6) is 0 Å². The number of hydrogen-bond donors (Lipinski definition) is 2. The van der Waals surface area contributed by atoms with Crippen LogP contribution in [0.15, 0.2) is 18.2 Å². The maximum atomic E-state index is 12.0. The smallest absolute Gasteiger partial charge is 0.164 e. The van der Waals surface area contributed by atoms with E-state index in [1.165, 1.54) is 25.7 Å². The Hall–Kier alpha value is -1.68. The molecule has 4 nitrogen and oxygen atoms in total. The molecule has 1 aliphatic rings. The number of fused-ring (bicyclic) bond motifs is 1. The summed E-state index contributed by atoms with van der Waals surface area (Å²) in [7, 11) is 1.86. The molecule has 1 fully saturated rings. The van der Waals surface area contributed by atoms with Gasteiger partial charge in [-0.25, -0.2) is 4.98 Å². The van der Waals surface area contributed by atoms with Crippen LogP contribution in [0, 0.1) is 0 Å². The van der Waals surface area contributed by atoms with Crippen LogP contribution in [-0.4, -0.2) is 29.3 Å². The highest BCUT2D eigenvalue weighted by Crippen LogP contribution is 2.33. The second-order valence-corrected chi connectivity index (χ2v) is 5.61. The number of aromatic amines is 1. The van der Waals surface area contributed by atoms with Gasteiger partial charge in [-0.05, 0) is 38.1 Å². The zero-order valence-corrected chi connectivity index (χ0v) is 11.9. The van der Waals surface area contributed by atoms with Gasteiger partial charge in [0, 0.05) is 24.4 Å². The van der Waals surface area contributed by atoms with Gasteiger partial charge in [0.15, 0.2) is 5.78 Å². The van der Waals surface area contributed by atoms with Crippen molar-refractivity contribution in [1.82, 2.24) is 15.3 Å². The van der Waals surface area contributed by atoms with E-state index in [0.29, 0.717) is 18.9 Å². The number of H-pyrrole nitrogens is 1. The van der Waals surface area contributed by atoms with Gasteiger partial charge in [0.05, 0.1) is 11.0 Å². The van der Waals surface area contributed by atoms with Gasteiger partial charge in [-0.1, -0.05) is 12.8 Å². The Kier molecular flexibility index (Phi) is 3.83. The average Bonchev–Trinajstić information content (AvgIpc) is 3.11. The highest BCUT2D eigenvalue weighted by atomic mass is 16.1. The fourth-order valence-electron chi connectivity index (χ4n) is 2.98. The van der Waals surface area contributed by atoms with Crippen LogP contribution < -0.4 is 5.32 Å². The monoisotopic (exact) mass is 271 g/mol. The van der Waals surface area contributed by atoms with Crippen LogP contribution in [0.1, 0.15) is 54.2 Å². The fraction of sp³-hybridized carbons (Fsp3) is 0.500. The molecule has 1 aromatic heterocycles. The molecule has 1 aromatic carbocycles. The summed E-state index contributed by atoms with van der Waals surface area (Å²) in [5.41, 5.74) is 2.73. The van der Waals surface area contributed by atoms with E-state index in [-0.39, 0.29) is 5.78 Å². The number of aromatic nitrogens is 2. The highest BCUT2D eigenvalue weighted by Gasteiger charge is 2.20. The zero-order chi connectivity index (χ0) is 13.9. The van der Waals surface area contributed by atoms with E-state index in [2.05, 4.69) is 15.3 Å². The van der Waals surface area contributed by atoms with Gasteiger partial charge in [0.1, 0.15) is 5.82 Å². The standard InChI is InChI=1S/C16H21N3O/c1-17-9-8-15(20)12-6-7-13-14(10-12)19-16(18-13)11-4-2-3-5-11/h6-7,10-11,17H,2-5,8-9H2,1H3,(H,18,19). The molecule has 3 rings (SSSR count). The summed E-state index contributed by atoms with van der Waals surface area (Å²) in [6, 6.07) is 5.79. The van der Waals surface area contributed by atoms with Crippen LogP contribution in [0.25, 0.3) is 11.0 Å². The van der Waals surface area contributed by atoms with E-state index in [1.54, 1.807) is 0 Å². The summed E-state index contributed by atoms with van der Waals surface area (Å²) >= 11 is 0. The summed E-state index contributed by atoms with van der Waals surface area (Å²) in [5, 5.41) is 3.01. The molecule has 0 aliphatic heterocycles. The first-order valence-electron chi connectivity index (χ1n) is 7.45. The van der Waals surface area contributed by atoms with E-state index in [1.807, 2.05) is 25.2 Å². The predicted molar refractivity (Wildman–Crippen MR) is 80.2 cm³/mol. The van der Waals surface area contributed by atoms with E-state index in [9.17, 15) is 4.79 Å². The Labute approximate surface area is 119 Å². The number of imidazole rings is 1. The average molecular weight is 271 g/mol. The van der Waals surface area contributed by atoms with Gasteiger partial charge < -0.3 is 10.3 Å². The summed E-state index contributed by atoms with van der Waals surface area (Å²) in [6.07, 6.45) is 5.60. The van der Waals surface area contributed by atoms with Gasteiger partial charge in [-0.3, -0.25) is 4.79 Å². The van der Waals surface area contributed by atoms with Crippen molar-refractivity contribution in [2.45, 2.75) is 38.0 Å². The molecule has 0 saturated heterocycles. The van der Waals surface area contributed by atoms with Gasteiger partial charge >= 0.3 is 0 Å². The molecule has 0 atom stereocenters. The second-order valence-electron chi connectivity index (χ2n) is 5.61. The minimum Gasteiger partial charge on any atom is -0.342 e. The van der Waals surface area contributed by atoms with Gasteiger partial charge in [0.2, 0.25) is 0 Å². The molecule has 106 valence electrons. The molecule has 0 amide bonds. The molecule has 0 bridgehead atoms. The third-order valence-corrected chi connectivity index (χ3v) is 4.17. The topological polar surface area (TPSA) is 57.8 Å². The minimum atomic E-state index is 0.179. The number of benzene rings is 1. The molecule has 0 spiro atoms. The van der Waals surface area contributed by atoms with Crippen molar-refractivity contribution in [1.29, 1.82) is 0 Å². The lowest BCUT2D eigenvalue weighted by molar-refractivity contribution is 0.0983. The zero-order valence-electron chi connectivity index (χ0n) is 11.9. The number of carbonyl (C=O) groups excluding carboxylic acids is 1. The lowest BCUT2D eigenvalue weighted by Gasteiger charge is -2.02. The molecule has 20 heavy (non-hydrogen) atoms. The predicted octanol–water partition coefficient (Wildman–Crippen LogP) is 3.01. The van der Waals surface area contributed by atoms with Crippen LogP contribution in [0.4, 0.5) is 0 Å². The number of Topliss-reactive ketones (excluding diaryl/α,β-unsaturated/α-hetero) is 1. The first-order chi connectivity index (χ1) is 9.78. The Bertz CT molecular complexity index is 611. The largest absolute Gasteiger partial charge is 0.342 e. The highest BCUT2D eigenvalue weighted by molar-refractivity contribution is 5.99. The van der Waals surface area contributed by atoms with Crippen molar-refractivity contribution >= 4 is 16.8 Å². The lowest BCUT2D eigenvalue weighted by atomic mass is 10.1. The van der Waals surface area contributed by atoms with Crippen molar-refractivity contribution in [2.24, 2.45) is 0 Å². The summed E-state index contributed by atoms with van der Waals surface area (Å²) < 4.78 is 0. The number of nitrogens with one attached hydrogen (secondary N) is 2. The Morgan fingerprint density at radius 1 is 1.40 bits per heavy atom. The fourth-order valence-corrected chi connectivity index (χ4v) is 2.98. The lowest BCUT2D eigenvalue weighted by Crippen LogP contribution is -2.12. The normalized spacial score (nSPS) is 16.1. The summed E-state index contributed by atoms with van der Waals surface area (Å²) in [6.45, 7) is 0.715. The first kappa shape index (κ1) is 13.3. The quantitative estimate of drug-likeness (QED) is 0.822. The molecule has 1 aliphatic carbocycles. The molecular formula is C16H21N3O. The molecule has 0 unspecified atom stereocenters.